The van der Waals surface area contributed by atoms with Crippen LogP contribution in [0.25, 0.3) is 0 Å². The van der Waals surface area contributed by atoms with Gasteiger partial charge in [-0.05, 0) is 25.5 Å². The first kappa shape index (κ1) is 14.6. The first-order chi connectivity index (χ1) is 8.45. The Morgan fingerprint density at radius 2 is 2.28 bits per heavy atom. The molecule has 1 aromatic carbocycles. The summed E-state index contributed by atoms with van der Waals surface area (Å²) in [6.45, 7) is 2.51. The maximum Gasteiger partial charge on any atom is 0.337 e. The Kier molecular flexibility index (Phi) is 5.25. The van der Waals surface area contributed by atoms with Crippen molar-refractivity contribution in [1.82, 2.24) is 0 Å². The Labute approximate surface area is 111 Å². The molecule has 0 radical (unpaired) electrons. The molecule has 0 aliphatic heterocycles. The van der Waals surface area contributed by atoms with Gasteiger partial charge in [-0.3, -0.25) is 0 Å². The molecule has 5 nitrogen and oxygen atoms in total. The minimum atomic E-state index is -1.06. The highest BCUT2D eigenvalue weighted by atomic mass is 35.5. The fraction of sp³-hybridized carbons (Fsp3) is 0.417. The van der Waals surface area contributed by atoms with Crippen molar-refractivity contribution in [3.63, 3.8) is 0 Å². The average Bonchev–Trinajstić information content (AvgIpc) is 2.29. The van der Waals surface area contributed by atoms with Gasteiger partial charge in [0.1, 0.15) is 0 Å². The lowest BCUT2D eigenvalue weighted by Gasteiger charge is -2.18. The number of nitrogens with two attached hydrogens (primary N) is 1. The number of hydrogen-bond donors (Lipinski definition) is 3. The molecule has 1 atom stereocenters. The topological polar surface area (TPSA) is 84.6 Å². The van der Waals surface area contributed by atoms with Crippen molar-refractivity contribution in [2.24, 2.45) is 0 Å². The van der Waals surface area contributed by atoms with Crippen molar-refractivity contribution in [1.29, 1.82) is 0 Å². The van der Waals surface area contributed by atoms with Crippen molar-refractivity contribution in [3.8, 4) is 0 Å². The molecule has 0 spiro atoms. The lowest BCUT2D eigenvalue weighted by Crippen LogP contribution is -2.19. The van der Waals surface area contributed by atoms with Crippen LogP contribution >= 0.6 is 11.6 Å². The summed E-state index contributed by atoms with van der Waals surface area (Å²) in [6, 6.07) is 2.96. The number of benzene rings is 1. The molecule has 0 saturated carbocycles. The van der Waals surface area contributed by atoms with Crippen LogP contribution in [0.4, 0.5) is 11.4 Å². The monoisotopic (exact) mass is 272 g/mol. The van der Waals surface area contributed by atoms with Gasteiger partial charge in [-0.25, -0.2) is 4.79 Å². The van der Waals surface area contributed by atoms with E-state index >= 15 is 0 Å². The van der Waals surface area contributed by atoms with E-state index < -0.39 is 5.97 Å². The van der Waals surface area contributed by atoms with Gasteiger partial charge in [0, 0.05) is 25.4 Å². The predicted octanol–water partition coefficient (Wildman–Crippen LogP) is 2.46. The molecule has 0 aliphatic rings. The van der Waals surface area contributed by atoms with Gasteiger partial charge in [-0.2, -0.15) is 0 Å². The van der Waals surface area contributed by atoms with Crippen LogP contribution < -0.4 is 11.1 Å². The van der Waals surface area contributed by atoms with Gasteiger partial charge >= 0.3 is 5.97 Å². The van der Waals surface area contributed by atoms with Crippen LogP contribution in [-0.2, 0) is 4.74 Å². The SMILES string of the molecule is COCCC(C)Nc1c(Cl)cc(N)cc1C(=O)O. The number of anilines is 2. The number of aromatic carboxylic acids is 1. The number of carboxylic acid groups (broad SMARTS) is 1. The van der Waals surface area contributed by atoms with Gasteiger partial charge in [0.25, 0.3) is 0 Å². The quantitative estimate of drug-likeness (QED) is 0.693. The smallest absolute Gasteiger partial charge is 0.337 e. The summed E-state index contributed by atoms with van der Waals surface area (Å²) in [7, 11) is 1.62. The van der Waals surface area contributed by atoms with Gasteiger partial charge < -0.3 is 20.9 Å². The molecule has 0 aliphatic carbocycles. The molecular formula is C12H17ClN2O3. The molecule has 0 heterocycles. The van der Waals surface area contributed by atoms with Crippen LogP contribution in [0.2, 0.25) is 5.02 Å². The Hall–Kier alpha value is -1.46. The predicted molar refractivity (Wildman–Crippen MR) is 72.4 cm³/mol. The van der Waals surface area contributed by atoms with E-state index in [2.05, 4.69) is 5.32 Å². The number of halogens is 1. The lowest BCUT2D eigenvalue weighted by atomic mass is 10.1. The Balaban J connectivity index is 2.96. The number of carbonyl (C=O) groups is 1. The summed E-state index contributed by atoms with van der Waals surface area (Å²) in [4.78, 5) is 11.1. The highest BCUT2D eigenvalue weighted by molar-refractivity contribution is 6.34. The lowest BCUT2D eigenvalue weighted by molar-refractivity contribution is 0.0698. The van der Waals surface area contributed by atoms with Crippen LogP contribution in [0.1, 0.15) is 23.7 Å². The van der Waals surface area contributed by atoms with Gasteiger partial charge in [0.2, 0.25) is 0 Å². The third kappa shape index (κ3) is 3.78. The standard InChI is InChI=1S/C12H17ClN2O3/c1-7(3-4-18-2)15-11-9(12(16)17)5-8(14)6-10(11)13/h5-7,15H,3-4,14H2,1-2H3,(H,16,17). The minimum absolute atomic E-state index is 0.0455. The highest BCUT2D eigenvalue weighted by Crippen LogP contribution is 2.30. The van der Waals surface area contributed by atoms with Crippen LogP contribution in [0.15, 0.2) is 12.1 Å². The second kappa shape index (κ2) is 6.47. The van der Waals surface area contributed by atoms with Gasteiger partial charge in [0.15, 0.2) is 0 Å². The molecule has 4 N–H and O–H groups in total. The number of nitrogens with one attached hydrogen (secondary N) is 1. The zero-order chi connectivity index (χ0) is 13.7. The zero-order valence-corrected chi connectivity index (χ0v) is 11.1. The van der Waals surface area contributed by atoms with Gasteiger partial charge in [-0.1, -0.05) is 11.6 Å². The Morgan fingerprint density at radius 3 is 2.83 bits per heavy atom. The van der Waals surface area contributed by atoms with E-state index in [0.29, 0.717) is 23.0 Å². The molecule has 6 heteroatoms. The summed E-state index contributed by atoms with van der Waals surface area (Å²) in [6.07, 6.45) is 0.746. The molecule has 1 aromatic rings. The summed E-state index contributed by atoms with van der Waals surface area (Å²) in [5.41, 5.74) is 6.37. The highest BCUT2D eigenvalue weighted by Gasteiger charge is 2.16. The van der Waals surface area contributed by atoms with E-state index in [1.807, 2.05) is 6.92 Å². The van der Waals surface area contributed by atoms with E-state index in [1.165, 1.54) is 12.1 Å². The van der Waals surface area contributed by atoms with Crippen LogP contribution in [0.3, 0.4) is 0 Å². The third-order valence-corrected chi connectivity index (χ3v) is 2.79. The maximum atomic E-state index is 11.1. The van der Waals surface area contributed by atoms with Crippen LogP contribution in [0.5, 0.6) is 0 Å². The molecule has 0 fully saturated rings. The molecular weight excluding hydrogens is 256 g/mol. The second-order valence-corrected chi connectivity index (χ2v) is 4.46. The van der Waals surface area contributed by atoms with Gasteiger partial charge in [0.05, 0.1) is 16.3 Å². The van der Waals surface area contributed by atoms with E-state index in [4.69, 9.17) is 27.2 Å². The first-order valence-electron chi connectivity index (χ1n) is 5.53. The first-order valence-corrected chi connectivity index (χ1v) is 5.91. The summed E-state index contributed by atoms with van der Waals surface area (Å²) in [5, 5.41) is 12.5. The summed E-state index contributed by atoms with van der Waals surface area (Å²) >= 11 is 6.02. The number of carboxylic acids is 1. The number of ether oxygens (including phenoxy) is 1. The summed E-state index contributed by atoms with van der Waals surface area (Å²) in [5.74, 6) is -1.06. The number of methoxy groups -OCH3 is 1. The number of nitrogen functional groups attached to an aromatic ring is 1. The van der Waals surface area contributed by atoms with Gasteiger partial charge in [-0.15, -0.1) is 0 Å². The molecule has 18 heavy (non-hydrogen) atoms. The molecule has 0 amide bonds. The second-order valence-electron chi connectivity index (χ2n) is 4.06. The van der Waals surface area contributed by atoms with E-state index in [1.54, 1.807) is 7.11 Å². The number of hydrogen-bond acceptors (Lipinski definition) is 4. The molecule has 100 valence electrons. The zero-order valence-electron chi connectivity index (χ0n) is 10.4. The molecule has 1 unspecified atom stereocenters. The Bertz CT molecular complexity index is 438. The van der Waals surface area contributed by atoms with E-state index in [0.717, 1.165) is 6.42 Å². The normalized spacial score (nSPS) is 12.2. The van der Waals surface area contributed by atoms with Crippen molar-refractivity contribution in [2.75, 3.05) is 24.8 Å². The minimum Gasteiger partial charge on any atom is -0.478 e. The van der Waals surface area contributed by atoms with Crippen LogP contribution in [-0.4, -0.2) is 30.8 Å². The van der Waals surface area contributed by atoms with E-state index in [-0.39, 0.29) is 11.6 Å². The summed E-state index contributed by atoms with van der Waals surface area (Å²) < 4.78 is 4.97. The molecule has 0 aromatic heterocycles. The molecule has 0 bridgehead atoms. The van der Waals surface area contributed by atoms with Crippen molar-refractivity contribution in [2.45, 2.75) is 19.4 Å². The van der Waals surface area contributed by atoms with Crippen molar-refractivity contribution in [3.05, 3.63) is 22.7 Å². The van der Waals surface area contributed by atoms with Crippen molar-refractivity contribution < 1.29 is 14.6 Å². The largest absolute Gasteiger partial charge is 0.478 e. The number of rotatable bonds is 6. The maximum absolute atomic E-state index is 11.1. The van der Waals surface area contributed by atoms with Crippen molar-refractivity contribution >= 4 is 28.9 Å². The van der Waals surface area contributed by atoms with E-state index in [9.17, 15) is 4.79 Å². The fourth-order valence-corrected chi connectivity index (χ4v) is 1.84. The molecule has 0 saturated heterocycles. The van der Waals surface area contributed by atoms with Crippen LogP contribution in [0, 0.1) is 0 Å². The Morgan fingerprint density at radius 1 is 1.61 bits per heavy atom. The molecule has 1 rings (SSSR count). The average molecular weight is 273 g/mol. The fourth-order valence-electron chi connectivity index (χ4n) is 1.56. The third-order valence-electron chi connectivity index (χ3n) is 2.49.